The quantitative estimate of drug-likeness (QED) is 0.792. The molecule has 21 heavy (non-hydrogen) atoms. The van der Waals surface area contributed by atoms with Gasteiger partial charge in [-0.05, 0) is 30.7 Å². The van der Waals surface area contributed by atoms with Crippen molar-refractivity contribution in [3.05, 3.63) is 51.5 Å². The lowest BCUT2D eigenvalue weighted by molar-refractivity contribution is 0.417. The molecule has 0 fully saturated rings. The number of benzene rings is 2. The Kier molecular flexibility index (Phi) is 4.93. The zero-order valence-corrected chi connectivity index (χ0v) is 13.9. The van der Waals surface area contributed by atoms with Crippen LogP contribution >= 0.6 is 35.4 Å². The largest absolute Gasteiger partial charge is 0.495 e. The van der Waals surface area contributed by atoms with Crippen molar-refractivity contribution in [2.75, 3.05) is 12.4 Å². The highest BCUT2D eigenvalue weighted by Crippen LogP contribution is 2.35. The molecule has 2 aromatic rings. The first-order valence-electron chi connectivity index (χ1n) is 6.13. The first kappa shape index (κ1) is 15.9. The molecule has 3 nitrogen and oxygen atoms in total. The lowest BCUT2D eigenvalue weighted by atomic mass is 10.1. The van der Waals surface area contributed by atoms with Gasteiger partial charge in [0.1, 0.15) is 10.7 Å². The van der Waals surface area contributed by atoms with Gasteiger partial charge in [-0.1, -0.05) is 41.5 Å². The van der Waals surface area contributed by atoms with Crippen LogP contribution in [0.3, 0.4) is 0 Å². The summed E-state index contributed by atoms with van der Waals surface area (Å²) in [7, 11) is 1.58. The molecule has 0 atom stereocenters. The highest BCUT2D eigenvalue weighted by Gasteiger charge is 2.13. The second-order valence-electron chi connectivity index (χ2n) is 4.45. The maximum absolute atomic E-state index is 6.16. The van der Waals surface area contributed by atoms with Gasteiger partial charge in [-0.2, -0.15) is 0 Å². The van der Waals surface area contributed by atoms with E-state index in [0.29, 0.717) is 21.4 Å². The van der Waals surface area contributed by atoms with Gasteiger partial charge < -0.3 is 15.8 Å². The van der Waals surface area contributed by atoms with Crippen LogP contribution in [0.4, 0.5) is 11.4 Å². The van der Waals surface area contributed by atoms with Crippen molar-refractivity contribution in [2.45, 2.75) is 6.92 Å². The Bertz CT molecular complexity index is 704. The number of rotatable bonds is 4. The fourth-order valence-corrected chi connectivity index (χ4v) is 2.66. The molecule has 6 heteroatoms. The van der Waals surface area contributed by atoms with Crippen LogP contribution in [-0.2, 0) is 0 Å². The second-order valence-corrected chi connectivity index (χ2v) is 5.71. The number of nitrogens with two attached hydrogens (primary N) is 1. The highest BCUT2D eigenvalue weighted by atomic mass is 35.5. The van der Waals surface area contributed by atoms with E-state index in [1.54, 1.807) is 19.2 Å². The number of hydrogen-bond donors (Lipinski definition) is 2. The third kappa shape index (κ3) is 3.40. The maximum Gasteiger partial charge on any atom is 0.143 e. The molecular formula is C15H14Cl2N2OS. The molecule has 0 aliphatic rings. The average Bonchev–Trinajstić information content (AvgIpc) is 2.42. The van der Waals surface area contributed by atoms with Crippen molar-refractivity contribution in [2.24, 2.45) is 5.73 Å². The Morgan fingerprint density at radius 2 is 1.90 bits per heavy atom. The third-order valence-electron chi connectivity index (χ3n) is 3.01. The molecule has 0 spiro atoms. The molecule has 0 saturated carbocycles. The van der Waals surface area contributed by atoms with Gasteiger partial charge >= 0.3 is 0 Å². The van der Waals surface area contributed by atoms with Crippen molar-refractivity contribution in [3.8, 4) is 5.75 Å². The monoisotopic (exact) mass is 340 g/mol. The van der Waals surface area contributed by atoms with E-state index in [1.165, 1.54) is 0 Å². The second kappa shape index (κ2) is 6.52. The molecule has 0 aliphatic heterocycles. The summed E-state index contributed by atoms with van der Waals surface area (Å²) in [6, 6.07) is 9.06. The van der Waals surface area contributed by atoms with Gasteiger partial charge in [-0.3, -0.25) is 0 Å². The van der Waals surface area contributed by atoms with Crippen molar-refractivity contribution in [3.63, 3.8) is 0 Å². The van der Waals surface area contributed by atoms with E-state index in [4.69, 9.17) is 45.9 Å². The van der Waals surface area contributed by atoms with Crippen LogP contribution in [0.2, 0.25) is 10.0 Å². The van der Waals surface area contributed by atoms with Gasteiger partial charge in [0, 0.05) is 11.1 Å². The number of thiocarbonyl (C=S) groups is 1. The van der Waals surface area contributed by atoms with Crippen molar-refractivity contribution >= 4 is 51.8 Å². The number of aryl methyl sites for hydroxylation is 1. The van der Waals surface area contributed by atoms with Gasteiger partial charge in [0.15, 0.2) is 0 Å². The van der Waals surface area contributed by atoms with E-state index >= 15 is 0 Å². The average molecular weight is 341 g/mol. The molecule has 0 heterocycles. The number of ether oxygens (including phenoxy) is 1. The molecule has 110 valence electrons. The molecule has 0 amide bonds. The zero-order valence-electron chi connectivity index (χ0n) is 11.5. The number of halogens is 2. The van der Waals surface area contributed by atoms with Gasteiger partial charge in [0.05, 0.1) is 29.1 Å². The molecule has 2 aromatic carbocycles. The SMILES string of the molecule is COc1cc(Cl)c(C)cc1Nc1cccc(Cl)c1C(N)=S. The smallest absolute Gasteiger partial charge is 0.143 e. The lowest BCUT2D eigenvalue weighted by Gasteiger charge is -2.16. The van der Waals surface area contributed by atoms with Gasteiger partial charge in [0.25, 0.3) is 0 Å². The summed E-state index contributed by atoms with van der Waals surface area (Å²) in [6.07, 6.45) is 0. The number of methoxy groups -OCH3 is 1. The molecule has 3 N–H and O–H groups in total. The Morgan fingerprint density at radius 1 is 1.19 bits per heavy atom. The predicted molar refractivity (Wildman–Crippen MR) is 93.4 cm³/mol. The Balaban J connectivity index is 2.50. The summed E-state index contributed by atoms with van der Waals surface area (Å²) in [5.41, 5.74) is 8.76. The number of anilines is 2. The Labute approximate surface area is 139 Å². The van der Waals surface area contributed by atoms with Crippen LogP contribution in [0.5, 0.6) is 5.75 Å². The normalized spacial score (nSPS) is 10.3. The first-order chi connectivity index (χ1) is 9.93. The molecule has 0 aromatic heterocycles. The predicted octanol–water partition coefficient (Wildman–Crippen LogP) is 4.69. The topological polar surface area (TPSA) is 47.3 Å². The van der Waals surface area contributed by atoms with Crippen molar-refractivity contribution in [1.29, 1.82) is 0 Å². The summed E-state index contributed by atoms with van der Waals surface area (Å²) in [5.74, 6) is 0.625. The summed E-state index contributed by atoms with van der Waals surface area (Å²) in [4.78, 5) is 0.229. The minimum atomic E-state index is 0.229. The maximum atomic E-state index is 6.16. The molecule has 0 unspecified atom stereocenters. The van der Waals surface area contributed by atoms with Crippen LogP contribution < -0.4 is 15.8 Å². The minimum Gasteiger partial charge on any atom is -0.495 e. The van der Waals surface area contributed by atoms with Crippen LogP contribution in [0.25, 0.3) is 0 Å². The van der Waals surface area contributed by atoms with E-state index in [-0.39, 0.29) is 4.99 Å². The molecule has 0 aliphatic carbocycles. The zero-order chi connectivity index (χ0) is 15.6. The summed E-state index contributed by atoms with van der Waals surface area (Å²) < 4.78 is 5.34. The van der Waals surface area contributed by atoms with Crippen LogP contribution in [0.15, 0.2) is 30.3 Å². The lowest BCUT2D eigenvalue weighted by Crippen LogP contribution is -2.12. The summed E-state index contributed by atoms with van der Waals surface area (Å²) in [5, 5.41) is 4.38. The molecule has 0 radical (unpaired) electrons. The Morgan fingerprint density at radius 3 is 2.52 bits per heavy atom. The summed E-state index contributed by atoms with van der Waals surface area (Å²) in [6.45, 7) is 1.92. The summed E-state index contributed by atoms with van der Waals surface area (Å²) >= 11 is 17.3. The van der Waals surface area contributed by atoms with E-state index in [9.17, 15) is 0 Å². The third-order valence-corrected chi connectivity index (χ3v) is 3.94. The highest BCUT2D eigenvalue weighted by molar-refractivity contribution is 7.80. The fourth-order valence-electron chi connectivity index (χ4n) is 1.95. The number of nitrogens with one attached hydrogen (secondary N) is 1. The molecular weight excluding hydrogens is 327 g/mol. The van der Waals surface area contributed by atoms with Crippen LogP contribution in [-0.4, -0.2) is 12.1 Å². The molecule has 0 bridgehead atoms. The molecule has 0 saturated heterocycles. The Hall–Kier alpha value is -1.49. The van der Waals surface area contributed by atoms with Gasteiger partial charge in [0.2, 0.25) is 0 Å². The van der Waals surface area contributed by atoms with Crippen molar-refractivity contribution < 1.29 is 4.74 Å². The standard InChI is InChI=1S/C15H14Cl2N2OS/c1-8-6-12(13(20-2)7-10(8)17)19-11-5-3-4-9(16)14(11)15(18)21/h3-7,19H,1-2H3,(H2,18,21). The van der Waals surface area contributed by atoms with Crippen LogP contribution in [0, 0.1) is 6.92 Å². The van der Waals surface area contributed by atoms with Crippen LogP contribution in [0.1, 0.15) is 11.1 Å². The number of hydrogen-bond acceptors (Lipinski definition) is 3. The fraction of sp³-hybridized carbons (Fsp3) is 0.133. The van der Waals surface area contributed by atoms with Crippen molar-refractivity contribution in [1.82, 2.24) is 0 Å². The van der Waals surface area contributed by atoms with E-state index in [2.05, 4.69) is 5.32 Å². The molecule has 2 rings (SSSR count). The minimum absolute atomic E-state index is 0.229. The van der Waals surface area contributed by atoms with E-state index in [0.717, 1.165) is 16.9 Å². The van der Waals surface area contributed by atoms with Gasteiger partial charge in [-0.15, -0.1) is 0 Å². The van der Waals surface area contributed by atoms with Gasteiger partial charge in [-0.25, -0.2) is 0 Å². The van der Waals surface area contributed by atoms with E-state index < -0.39 is 0 Å². The first-order valence-corrected chi connectivity index (χ1v) is 7.30. The van der Waals surface area contributed by atoms with E-state index in [1.807, 2.05) is 25.1 Å².